The first kappa shape index (κ1) is 32.6. The number of benzene rings is 2. The summed E-state index contributed by atoms with van der Waals surface area (Å²) in [6, 6.07) is 14.3. The van der Waals surface area contributed by atoms with Crippen LogP contribution in [0.3, 0.4) is 0 Å². The van der Waals surface area contributed by atoms with E-state index in [1.165, 1.54) is 12.5 Å². The van der Waals surface area contributed by atoms with Gasteiger partial charge in [0.2, 0.25) is 5.91 Å². The second-order valence-corrected chi connectivity index (χ2v) is 18.2. The summed E-state index contributed by atoms with van der Waals surface area (Å²) in [6.45, 7) is 17.9. The summed E-state index contributed by atoms with van der Waals surface area (Å²) in [5, 5.41) is 5.53. The van der Waals surface area contributed by atoms with Crippen molar-refractivity contribution in [1.82, 2.24) is 0 Å². The van der Waals surface area contributed by atoms with Crippen LogP contribution in [0.2, 0.25) is 0 Å². The van der Waals surface area contributed by atoms with Crippen molar-refractivity contribution in [3.63, 3.8) is 0 Å². The zero-order valence-corrected chi connectivity index (χ0v) is 29.9. The Morgan fingerprint density at radius 1 is 0.830 bits per heavy atom. The number of nitrogens with one attached hydrogen (secondary N) is 1. The molecular weight excluding hydrogens is 582 g/mol. The molecule has 0 aromatic heterocycles. The van der Waals surface area contributed by atoms with Gasteiger partial charge in [0.25, 0.3) is 0 Å². The van der Waals surface area contributed by atoms with Gasteiger partial charge in [-0.15, -0.1) is 0 Å². The van der Waals surface area contributed by atoms with Crippen LogP contribution in [-0.2, 0) is 19.1 Å². The zero-order chi connectivity index (χ0) is 33.8. The third-order valence-electron chi connectivity index (χ3n) is 15.4. The molecule has 5 nitrogen and oxygen atoms in total. The van der Waals surface area contributed by atoms with Crippen molar-refractivity contribution in [1.29, 1.82) is 0 Å². The Morgan fingerprint density at radius 3 is 2.28 bits per heavy atom. The van der Waals surface area contributed by atoms with Gasteiger partial charge in [0.1, 0.15) is 6.10 Å². The van der Waals surface area contributed by atoms with E-state index in [0.717, 1.165) is 74.2 Å². The average molecular weight is 638 g/mol. The van der Waals surface area contributed by atoms with Crippen LogP contribution in [0.5, 0.6) is 0 Å². The zero-order valence-electron chi connectivity index (χ0n) is 29.9. The second-order valence-electron chi connectivity index (χ2n) is 18.2. The van der Waals surface area contributed by atoms with Gasteiger partial charge in [0.05, 0.1) is 0 Å². The van der Waals surface area contributed by atoms with Crippen LogP contribution in [0.25, 0.3) is 10.8 Å². The highest BCUT2D eigenvalue weighted by Gasteiger charge is 2.70. The molecule has 4 saturated carbocycles. The van der Waals surface area contributed by atoms with Gasteiger partial charge in [-0.2, -0.15) is 0 Å². The molecule has 4 fully saturated rings. The molecule has 0 radical (unpaired) electrons. The lowest BCUT2D eigenvalue weighted by Crippen LogP contribution is -2.66. The molecule has 0 saturated heterocycles. The monoisotopic (exact) mass is 637 g/mol. The summed E-state index contributed by atoms with van der Waals surface area (Å²) in [5.41, 5.74) is 1.13. The molecule has 5 aliphatic rings. The molecule has 2 aromatic rings. The van der Waals surface area contributed by atoms with Crippen LogP contribution in [0.4, 0.5) is 5.69 Å². The van der Waals surface area contributed by atoms with Crippen LogP contribution >= 0.6 is 0 Å². The summed E-state index contributed by atoms with van der Waals surface area (Å²) in [7, 11) is 0. The summed E-state index contributed by atoms with van der Waals surface area (Å²) < 4.78 is 5.89. The van der Waals surface area contributed by atoms with E-state index in [9.17, 15) is 14.4 Å². The maximum absolute atomic E-state index is 14.8. The minimum atomic E-state index is -0.524. The van der Waals surface area contributed by atoms with Gasteiger partial charge in [0, 0.05) is 34.7 Å². The number of esters is 1. The quantitative estimate of drug-likeness (QED) is 0.340. The third kappa shape index (κ3) is 4.57. The SMILES string of the molecule is CC(=O)O[C@@H]1CC[C@]2(C)[C@H](CC[C@]3(C)[C@@H]2C(=O)C=C2[C@H]4C[C@@](C)(C(=O)Nc5cccc6ccccc56)CC[C@]4(C)CC[C@@]23C)C1(C)C. The van der Waals surface area contributed by atoms with Gasteiger partial charge < -0.3 is 10.1 Å². The molecule has 0 aliphatic heterocycles. The number of ketones is 1. The number of ether oxygens (including phenoxy) is 1. The Labute approximate surface area is 281 Å². The molecule has 0 spiro atoms. The van der Waals surface area contributed by atoms with E-state index in [1.807, 2.05) is 24.3 Å². The molecule has 9 atom stereocenters. The fourth-order valence-corrected chi connectivity index (χ4v) is 12.4. The van der Waals surface area contributed by atoms with Gasteiger partial charge in [-0.1, -0.05) is 90.4 Å². The molecule has 1 amide bonds. The standard InChI is InChI=1S/C42H55NO4/c1-26(44)47-34-17-18-40(6)33(37(34,2)3)16-19-42(8)35(40)32(45)24-29-30-25-39(5,21-20-38(30,4)22-23-41(29,42)7)36(46)43-31-15-11-13-27-12-9-10-14-28(27)31/h9-15,24,30,33-35H,16-23,25H2,1-8H3,(H,43,46)/t30-,33-,34-,35-,38-,39+,40-,41+,42-/m1/s1. The van der Waals surface area contributed by atoms with E-state index in [2.05, 4.69) is 78.1 Å². The number of rotatable bonds is 3. The number of carbonyl (C=O) groups is 3. The maximum Gasteiger partial charge on any atom is 0.302 e. The summed E-state index contributed by atoms with van der Waals surface area (Å²) >= 11 is 0. The number of anilines is 1. The summed E-state index contributed by atoms with van der Waals surface area (Å²) in [5.74, 6) is 0.617. The van der Waals surface area contributed by atoms with E-state index in [1.54, 1.807) is 0 Å². The van der Waals surface area contributed by atoms with Crippen LogP contribution in [0.1, 0.15) is 113 Å². The summed E-state index contributed by atoms with van der Waals surface area (Å²) in [4.78, 5) is 41.0. The van der Waals surface area contributed by atoms with Crippen LogP contribution in [0, 0.1) is 50.2 Å². The number of allylic oxidation sites excluding steroid dienone is 2. The van der Waals surface area contributed by atoms with E-state index in [-0.39, 0.29) is 56.9 Å². The van der Waals surface area contributed by atoms with Gasteiger partial charge in [-0.25, -0.2) is 0 Å². The Morgan fingerprint density at radius 2 is 1.53 bits per heavy atom. The minimum absolute atomic E-state index is 0.0611. The second kappa shape index (κ2) is 10.5. The predicted molar refractivity (Wildman–Crippen MR) is 188 cm³/mol. The molecule has 5 heteroatoms. The molecule has 5 aliphatic carbocycles. The van der Waals surface area contributed by atoms with Crippen molar-refractivity contribution in [2.45, 2.75) is 119 Å². The van der Waals surface area contributed by atoms with Crippen molar-refractivity contribution in [3.05, 3.63) is 54.1 Å². The normalized spacial score (nSPS) is 42.2. The number of hydrogen-bond donors (Lipinski definition) is 1. The van der Waals surface area contributed by atoms with E-state index < -0.39 is 5.41 Å². The molecule has 7 rings (SSSR count). The largest absolute Gasteiger partial charge is 0.462 e. The Balaban J connectivity index is 1.22. The third-order valence-corrected chi connectivity index (χ3v) is 15.4. The van der Waals surface area contributed by atoms with Crippen molar-refractivity contribution in [2.75, 3.05) is 5.32 Å². The maximum atomic E-state index is 14.8. The molecule has 0 unspecified atom stereocenters. The highest BCUT2D eigenvalue weighted by molar-refractivity contribution is 6.04. The minimum Gasteiger partial charge on any atom is -0.462 e. The van der Waals surface area contributed by atoms with E-state index >= 15 is 0 Å². The number of hydrogen-bond acceptors (Lipinski definition) is 4. The first-order valence-corrected chi connectivity index (χ1v) is 18.2. The fraction of sp³-hybridized carbons (Fsp3) is 0.643. The van der Waals surface area contributed by atoms with Crippen molar-refractivity contribution in [2.24, 2.45) is 50.2 Å². The molecule has 0 bridgehead atoms. The average Bonchev–Trinajstić information content (AvgIpc) is 3.00. The molecule has 47 heavy (non-hydrogen) atoms. The van der Waals surface area contributed by atoms with E-state index in [0.29, 0.717) is 11.7 Å². The number of carbonyl (C=O) groups excluding carboxylic acids is 3. The lowest BCUT2D eigenvalue weighted by molar-refractivity contribution is -0.210. The van der Waals surface area contributed by atoms with Crippen LogP contribution < -0.4 is 5.32 Å². The predicted octanol–water partition coefficient (Wildman–Crippen LogP) is 9.69. The van der Waals surface area contributed by atoms with Crippen molar-refractivity contribution < 1.29 is 19.1 Å². The van der Waals surface area contributed by atoms with Gasteiger partial charge in [-0.3, -0.25) is 14.4 Å². The molecule has 252 valence electrons. The smallest absolute Gasteiger partial charge is 0.302 e. The van der Waals surface area contributed by atoms with Gasteiger partial charge in [0.15, 0.2) is 5.78 Å². The highest BCUT2D eigenvalue weighted by Crippen LogP contribution is 2.75. The van der Waals surface area contributed by atoms with Crippen LogP contribution in [-0.4, -0.2) is 23.8 Å². The topological polar surface area (TPSA) is 72.5 Å². The van der Waals surface area contributed by atoms with Gasteiger partial charge >= 0.3 is 5.97 Å². The lowest BCUT2D eigenvalue weighted by Gasteiger charge is -2.70. The van der Waals surface area contributed by atoms with Crippen molar-refractivity contribution in [3.8, 4) is 0 Å². The van der Waals surface area contributed by atoms with Gasteiger partial charge in [-0.05, 0) is 109 Å². The van der Waals surface area contributed by atoms with Crippen molar-refractivity contribution >= 4 is 34.1 Å². The Hall–Kier alpha value is -2.95. The Bertz CT molecular complexity index is 1680. The molecule has 0 heterocycles. The molecule has 2 aromatic carbocycles. The number of fused-ring (bicyclic) bond motifs is 8. The highest BCUT2D eigenvalue weighted by atomic mass is 16.5. The van der Waals surface area contributed by atoms with E-state index in [4.69, 9.17) is 4.74 Å². The Kier molecular flexibility index (Phi) is 7.30. The molecular formula is C42H55NO4. The first-order valence-electron chi connectivity index (χ1n) is 18.2. The van der Waals surface area contributed by atoms with Crippen LogP contribution in [0.15, 0.2) is 54.1 Å². The molecule has 1 N–H and O–H groups in total. The first-order chi connectivity index (χ1) is 22.0. The number of amides is 1. The fourth-order valence-electron chi connectivity index (χ4n) is 12.4. The lowest BCUT2D eigenvalue weighted by atomic mass is 9.33. The summed E-state index contributed by atoms with van der Waals surface area (Å²) in [6.07, 6.45) is 10.6.